The largest absolute Gasteiger partial charge is 0.491 e. The molecule has 0 heterocycles. The number of benzene rings is 1. The summed E-state index contributed by atoms with van der Waals surface area (Å²) in [7, 11) is 0. The van der Waals surface area contributed by atoms with Crippen LogP contribution in [-0.2, 0) is 0 Å². The van der Waals surface area contributed by atoms with Crippen molar-refractivity contribution < 1.29 is 66.9 Å². The zero-order chi connectivity index (χ0) is 26.3. The van der Waals surface area contributed by atoms with Crippen molar-refractivity contribution in [1.82, 2.24) is 0 Å². The lowest BCUT2D eigenvalue weighted by Crippen LogP contribution is -2.70. The highest BCUT2D eigenvalue weighted by Crippen LogP contribution is 2.61. The van der Waals surface area contributed by atoms with E-state index in [2.05, 4.69) is 0 Å². The highest BCUT2D eigenvalue weighted by molar-refractivity contribution is 5.29. The Morgan fingerprint density at radius 1 is 0.727 bits per heavy atom. The lowest BCUT2D eigenvalue weighted by atomic mass is 9.90. The second-order valence-electron chi connectivity index (χ2n) is 7.13. The van der Waals surface area contributed by atoms with Gasteiger partial charge in [0.2, 0.25) is 0 Å². The van der Waals surface area contributed by atoms with E-state index in [1.807, 2.05) is 0 Å². The number of halogens is 13. The highest BCUT2D eigenvalue weighted by Gasteiger charge is 2.90. The summed E-state index contributed by atoms with van der Waals surface area (Å²) in [6.45, 7) is 3.39. The van der Waals surface area contributed by atoms with Crippen LogP contribution < -0.4 is 4.74 Å². The third-order valence-corrected chi connectivity index (χ3v) is 4.63. The fourth-order valence-corrected chi connectivity index (χ4v) is 2.38. The van der Waals surface area contributed by atoms with Crippen LogP contribution in [0.5, 0.6) is 5.75 Å². The molecule has 0 aliphatic carbocycles. The third-order valence-electron chi connectivity index (χ3n) is 4.63. The van der Waals surface area contributed by atoms with Crippen molar-refractivity contribution >= 4 is 0 Å². The Balaban J connectivity index is 3.22. The monoisotopic (exact) mass is 512 g/mol. The van der Waals surface area contributed by atoms with Crippen molar-refractivity contribution in [1.29, 1.82) is 0 Å². The van der Waals surface area contributed by atoms with Crippen LogP contribution in [0.15, 0.2) is 24.3 Å². The molecule has 2 nitrogen and oxygen atoms in total. The van der Waals surface area contributed by atoms with Crippen LogP contribution in [0.25, 0.3) is 0 Å². The molecule has 0 aliphatic heterocycles. The first-order chi connectivity index (χ1) is 14.6. The molecule has 1 aromatic carbocycles. The highest BCUT2D eigenvalue weighted by atomic mass is 19.4. The quantitative estimate of drug-likeness (QED) is 0.342. The zero-order valence-corrected chi connectivity index (χ0v) is 16.6. The number of rotatable bonds is 10. The minimum atomic E-state index is -7.97. The van der Waals surface area contributed by atoms with Gasteiger partial charge in [-0.3, -0.25) is 0 Å². The molecule has 0 fully saturated rings. The molecule has 1 rings (SSSR count). The molecule has 0 aromatic heterocycles. The lowest BCUT2D eigenvalue weighted by Gasteiger charge is -2.40. The van der Waals surface area contributed by atoms with Crippen LogP contribution in [-0.4, -0.2) is 47.0 Å². The van der Waals surface area contributed by atoms with Gasteiger partial charge in [0.1, 0.15) is 5.75 Å². The van der Waals surface area contributed by atoms with E-state index in [-0.39, 0.29) is 11.9 Å². The van der Waals surface area contributed by atoms with Crippen LogP contribution in [0.3, 0.4) is 0 Å². The van der Waals surface area contributed by atoms with Crippen LogP contribution >= 0.6 is 0 Å². The van der Waals surface area contributed by atoms with E-state index in [0.29, 0.717) is 6.42 Å². The van der Waals surface area contributed by atoms with E-state index < -0.39 is 53.9 Å². The molecule has 192 valence electrons. The average Bonchev–Trinajstić information content (AvgIpc) is 2.66. The predicted molar refractivity (Wildman–Crippen MR) is 87.2 cm³/mol. The van der Waals surface area contributed by atoms with E-state index in [1.54, 1.807) is 13.8 Å². The maximum atomic E-state index is 13.9. The minimum absolute atomic E-state index is 0.123. The van der Waals surface area contributed by atoms with Crippen molar-refractivity contribution in [3.05, 3.63) is 29.8 Å². The molecule has 0 amide bonds. The molecule has 0 spiro atoms. The normalized spacial score (nSPS) is 16.5. The molecule has 15 heteroatoms. The Morgan fingerprint density at radius 3 is 1.55 bits per heavy atom. The van der Waals surface area contributed by atoms with Gasteiger partial charge in [0.15, 0.2) is 0 Å². The number of ether oxygens (including phenoxy) is 1. The SMILES string of the molecule is CCC(C)Oc1ccc(C(O)CC(F)(F)C(F)(F)C(F)(F)C(F)(F)C(F)(F)C(F)(F)F)cc1. The first kappa shape index (κ1) is 29.1. The summed E-state index contributed by atoms with van der Waals surface area (Å²) >= 11 is 0. The molecule has 1 N–H and O–H groups in total. The molecular weight excluding hydrogens is 495 g/mol. The van der Waals surface area contributed by atoms with Crippen molar-refractivity contribution in [2.24, 2.45) is 0 Å². The topological polar surface area (TPSA) is 29.5 Å². The summed E-state index contributed by atoms with van der Waals surface area (Å²) < 4.78 is 176. The van der Waals surface area contributed by atoms with Gasteiger partial charge >= 0.3 is 35.8 Å². The molecule has 0 saturated carbocycles. The summed E-state index contributed by atoms with van der Waals surface area (Å²) in [4.78, 5) is 0. The van der Waals surface area contributed by atoms with E-state index >= 15 is 0 Å². The summed E-state index contributed by atoms with van der Waals surface area (Å²) in [5.74, 6) is -37.3. The van der Waals surface area contributed by atoms with Gasteiger partial charge in [0, 0.05) is 6.42 Å². The van der Waals surface area contributed by atoms with Gasteiger partial charge in [-0.05, 0) is 31.0 Å². The molecule has 33 heavy (non-hydrogen) atoms. The van der Waals surface area contributed by atoms with E-state index in [1.165, 1.54) is 0 Å². The first-order valence-corrected chi connectivity index (χ1v) is 8.97. The smallest absolute Gasteiger partial charge is 0.460 e. The van der Waals surface area contributed by atoms with Crippen molar-refractivity contribution in [2.75, 3.05) is 0 Å². The third kappa shape index (κ3) is 5.11. The van der Waals surface area contributed by atoms with Crippen molar-refractivity contribution in [3.63, 3.8) is 0 Å². The fourth-order valence-electron chi connectivity index (χ4n) is 2.38. The van der Waals surface area contributed by atoms with Crippen LogP contribution in [0.1, 0.15) is 38.4 Å². The predicted octanol–water partition coefficient (Wildman–Crippen LogP) is 7.03. The van der Waals surface area contributed by atoms with Gasteiger partial charge in [-0.15, -0.1) is 0 Å². The molecule has 2 unspecified atom stereocenters. The molecule has 2 atom stereocenters. The van der Waals surface area contributed by atoms with E-state index in [4.69, 9.17) is 4.74 Å². The van der Waals surface area contributed by atoms with Crippen molar-refractivity contribution in [2.45, 2.75) is 74.7 Å². The van der Waals surface area contributed by atoms with Gasteiger partial charge in [0.05, 0.1) is 12.2 Å². The second kappa shape index (κ2) is 9.02. The Labute approximate surface area is 178 Å². The number of alkyl halides is 13. The van der Waals surface area contributed by atoms with Crippen molar-refractivity contribution in [3.8, 4) is 5.75 Å². The molecule has 1 aromatic rings. The van der Waals surface area contributed by atoms with Gasteiger partial charge in [-0.25, -0.2) is 0 Å². The standard InChI is InChI=1S/C18H17F13O2/c1-3-9(2)33-11-6-4-10(5-7-11)12(32)8-13(19,20)14(21,22)15(23,24)16(25,26)17(27,28)18(29,30)31/h4-7,9,12,32H,3,8H2,1-2H3. The Hall–Kier alpha value is -1.93. The van der Waals surface area contributed by atoms with E-state index in [9.17, 15) is 62.2 Å². The van der Waals surface area contributed by atoms with Crippen LogP contribution in [0.2, 0.25) is 0 Å². The number of aliphatic hydroxyl groups is 1. The molecule has 0 bridgehead atoms. The van der Waals surface area contributed by atoms with E-state index in [0.717, 1.165) is 24.3 Å². The van der Waals surface area contributed by atoms with Gasteiger partial charge in [-0.1, -0.05) is 19.1 Å². The summed E-state index contributed by atoms with van der Waals surface area (Å²) in [6.07, 6.45) is -12.7. The Morgan fingerprint density at radius 2 is 1.15 bits per heavy atom. The zero-order valence-electron chi connectivity index (χ0n) is 16.6. The number of hydrogen-bond donors (Lipinski definition) is 1. The van der Waals surface area contributed by atoms with Gasteiger partial charge < -0.3 is 9.84 Å². The average molecular weight is 512 g/mol. The summed E-state index contributed by atoms with van der Waals surface area (Å²) in [5.41, 5.74) is -0.613. The maximum absolute atomic E-state index is 13.9. The Bertz CT molecular complexity index is 788. The molecule has 0 aliphatic rings. The van der Waals surface area contributed by atoms with Crippen LogP contribution in [0, 0.1) is 0 Å². The second-order valence-corrected chi connectivity index (χ2v) is 7.13. The minimum Gasteiger partial charge on any atom is -0.491 e. The number of hydrogen-bond acceptors (Lipinski definition) is 2. The fraction of sp³-hybridized carbons (Fsp3) is 0.667. The maximum Gasteiger partial charge on any atom is 0.460 e. The van der Waals surface area contributed by atoms with Gasteiger partial charge in [-0.2, -0.15) is 57.1 Å². The lowest BCUT2D eigenvalue weighted by molar-refractivity contribution is -0.440. The van der Waals surface area contributed by atoms with Gasteiger partial charge in [0.25, 0.3) is 0 Å². The first-order valence-electron chi connectivity index (χ1n) is 8.97. The van der Waals surface area contributed by atoms with Crippen LogP contribution in [0.4, 0.5) is 57.1 Å². The number of aliphatic hydroxyl groups excluding tert-OH is 1. The molecule has 0 radical (unpaired) electrons. The molecule has 0 saturated heterocycles. The summed E-state index contributed by atoms with van der Waals surface area (Å²) in [5, 5.41) is 9.68. The summed E-state index contributed by atoms with van der Waals surface area (Å²) in [6, 6.07) is 3.80. The Kier molecular flexibility index (Phi) is 7.96. The molecular formula is C18H17F13O2.